The average molecular weight is 209 g/mol. The van der Waals surface area contributed by atoms with Crippen molar-refractivity contribution < 1.29 is 0 Å². The van der Waals surface area contributed by atoms with E-state index in [0.29, 0.717) is 0 Å². The van der Waals surface area contributed by atoms with E-state index in [1.807, 2.05) is 6.07 Å². The van der Waals surface area contributed by atoms with Crippen LogP contribution in [-0.2, 0) is 0 Å². The summed E-state index contributed by atoms with van der Waals surface area (Å²) in [5.41, 5.74) is 2.56. The van der Waals surface area contributed by atoms with Crippen LogP contribution in [0.3, 0.4) is 0 Å². The number of rotatable bonds is 2. The van der Waals surface area contributed by atoms with E-state index in [0.717, 1.165) is 0 Å². The van der Waals surface area contributed by atoms with Gasteiger partial charge in [0.05, 0.1) is 0 Å². The molecule has 1 aromatic carbocycles. The third kappa shape index (κ3) is 1.99. The maximum Gasteiger partial charge on any atom is -0.0119 e. The monoisotopic (exact) mass is 209 g/mol. The van der Waals surface area contributed by atoms with E-state index in [1.165, 1.54) is 11.1 Å². The molecule has 1 unspecified atom stereocenters. The second-order valence-corrected chi connectivity index (χ2v) is 4.94. The second kappa shape index (κ2) is 4.05. The summed E-state index contributed by atoms with van der Waals surface area (Å²) in [6.45, 7) is 0. The molecule has 1 aliphatic rings. The number of allylic oxidation sites excluding steroid dienone is 2. The lowest BCUT2D eigenvalue weighted by Gasteiger charge is -2.04. The fraction of sp³-hybridized carbons (Fsp3) is 0. The molecule has 3 heteroatoms. The van der Waals surface area contributed by atoms with Crippen LogP contribution in [0.1, 0.15) is 5.56 Å². The summed E-state index contributed by atoms with van der Waals surface area (Å²) in [6.07, 6.45) is 2.14. The smallest absolute Gasteiger partial charge is 0.0119 e. The van der Waals surface area contributed by atoms with Crippen molar-refractivity contribution in [3.05, 3.63) is 52.8 Å². The van der Waals surface area contributed by atoms with Crippen LogP contribution in [-0.4, -0.2) is 0 Å². The Balaban J connectivity index is 2.25. The third-order valence-electron chi connectivity index (χ3n) is 1.92. The highest BCUT2D eigenvalue weighted by molar-refractivity contribution is 8.25. The van der Waals surface area contributed by atoms with Crippen LogP contribution >= 0.6 is 23.9 Å². The minimum Gasteiger partial charge on any atom is -0.224 e. The molecule has 1 N–H and O–H groups in total. The fourth-order valence-corrected chi connectivity index (χ4v) is 2.70. The largest absolute Gasteiger partial charge is 0.224 e. The van der Waals surface area contributed by atoms with Crippen molar-refractivity contribution in [2.45, 2.75) is 0 Å². The van der Waals surface area contributed by atoms with Crippen LogP contribution in [0.4, 0.5) is 0 Å². The second-order valence-electron chi connectivity index (χ2n) is 2.77. The molecule has 0 fully saturated rings. The molecule has 0 saturated carbocycles. The molecule has 0 spiro atoms. The van der Waals surface area contributed by atoms with Gasteiger partial charge in [-0.05, 0) is 28.0 Å². The normalized spacial score (nSPS) is 23.2. The number of benzene rings is 1. The fourth-order valence-electron chi connectivity index (χ4n) is 1.26. The Morgan fingerprint density at radius 1 is 1.15 bits per heavy atom. The average Bonchev–Trinajstić information content (AvgIpc) is 2.67. The zero-order chi connectivity index (χ0) is 9.10. The molecule has 2 rings (SSSR count). The highest BCUT2D eigenvalue weighted by Crippen LogP contribution is 2.36. The minimum absolute atomic E-state index is 0.334. The van der Waals surface area contributed by atoms with Crippen molar-refractivity contribution in [1.82, 2.24) is 4.13 Å². The van der Waals surface area contributed by atoms with E-state index < -0.39 is 0 Å². The Morgan fingerprint density at radius 3 is 2.54 bits per heavy atom. The Kier molecular flexibility index (Phi) is 2.78. The van der Waals surface area contributed by atoms with Gasteiger partial charge < -0.3 is 0 Å². The highest BCUT2D eigenvalue weighted by Gasteiger charge is 2.05. The molecule has 0 saturated heterocycles. The van der Waals surface area contributed by atoms with Gasteiger partial charge in [-0.25, -0.2) is 4.13 Å². The Morgan fingerprint density at radius 2 is 1.92 bits per heavy atom. The van der Waals surface area contributed by atoms with Crippen LogP contribution in [0.25, 0.3) is 5.57 Å². The van der Waals surface area contributed by atoms with Crippen molar-refractivity contribution in [3.8, 4) is 0 Å². The van der Waals surface area contributed by atoms with E-state index in [4.69, 9.17) is 0 Å². The first-order valence-corrected chi connectivity index (χ1v) is 5.96. The van der Waals surface area contributed by atoms with Gasteiger partial charge in [-0.2, -0.15) is 0 Å². The zero-order valence-electron chi connectivity index (χ0n) is 7.01. The molecule has 0 bridgehead atoms. The van der Waals surface area contributed by atoms with Crippen molar-refractivity contribution in [1.29, 1.82) is 0 Å². The standard InChI is InChI=1S/C10H11NS2/c12-11-13-7-6-10(8-13)9-4-2-1-3-5-9/h1-8,11-13H. The zero-order valence-corrected chi connectivity index (χ0v) is 8.80. The SMILES string of the molecule is SN[SH]1C=CC(c2ccccc2)=C1. The van der Waals surface area contributed by atoms with Gasteiger partial charge in [0.2, 0.25) is 0 Å². The van der Waals surface area contributed by atoms with Gasteiger partial charge in [0.15, 0.2) is 0 Å². The predicted molar refractivity (Wildman–Crippen MR) is 64.7 cm³/mol. The Labute approximate surface area is 86.6 Å². The number of thiol groups is 2. The van der Waals surface area contributed by atoms with E-state index in [-0.39, 0.29) is 11.1 Å². The Hall–Kier alpha value is -0.640. The van der Waals surface area contributed by atoms with E-state index >= 15 is 0 Å². The maximum absolute atomic E-state index is 4.05. The molecule has 0 aromatic heterocycles. The number of hydrogen-bond donors (Lipinski definition) is 3. The molecule has 13 heavy (non-hydrogen) atoms. The predicted octanol–water partition coefficient (Wildman–Crippen LogP) is 2.91. The summed E-state index contributed by atoms with van der Waals surface area (Å²) >= 11 is 3.72. The maximum atomic E-state index is 4.05. The molecular formula is C10H11NS2. The van der Waals surface area contributed by atoms with Gasteiger partial charge in [0, 0.05) is 0 Å². The lowest BCUT2D eigenvalue weighted by Crippen LogP contribution is -1.84. The van der Waals surface area contributed by atoms with Crippen LogP contribution < -0.4 is 4.13 Å². The molecule has 1 atom stereocenters. The number of nitrogens with one attached hydrogen (secondary N) is 1. The van der Waals surface area contributed by atoms with Crippen molar-refractivity contribution >= 4 is 29.5 Å². The molecule has 0 amide bonds. The molecule has 0 radical (unpaired) electrons. The van der Waals surface area contributed by atoms with Crippen LogP contribution in [0.15, 0.2) is 47.2 Å². The summed E-state index contributed by atoms with van der Waals surface area (Å²) in [5.74, 6) is 0. The first-order valence-electron chi connectivity index (χ1n) is 4.03. The first kappa shape index (κ1) is 8.94. The van der Waals surface area contributed by atoms with Gasteiger partial charge in [-0.1, -0.05) is 43.1 Å². The minimum atomic E-state index is -0.334. The van der Waals surface area contributed by atoms with E-state index in [1.54, 1.807) is 0 Å². The molecular weight excluding hydrogens is 198 g/mol. The lowest BCUT2D eigenvalue weighted by atomic mass is 10.1. The quantitative estimate of drug-likeness (QED) is 0.636. The molecule has 1 aliphatic heterocycles. The van der Waals surface area contributed by atoms with Crippen molar-refractivity contribution in [3.63, 3.8) is 0 Å². The summed E-state index contributed by atoms with van der Waals surface area (Å²) in [5, 5.41) is 4.38. The van der Waals surface area contributed by atoms with E-state index in [9.17, 15) is 0 Å². The molecule has 0 aliphatic carbocycles. The van der Waals surface area contributed by atoms with Gasteiger partial charge in [0.1, 0.15) is 0 Å². The first-order chi connectivity index (χ1) is 6.40. The third-order valence-corrected chi connectivity index (χ3v) is 3.87. The Bertz CT molecular complexity index is 343. The topological polar surface area (TPSA) is 12.0 Å². The summed E-state index contributed by atoms with van der Waals surface area (Å²) in [7, 11) is 0. The van der Waals surface area contributed by atoms with Gasteiger partial charge in [0.25, 0.3) is 0 Å². The highest BCUT2D eigenvalue weighted by atomic mass is 32.2. The van der Waals surface area contributed by atoms with Crippen molar-refractivity contribution in [2.24, 2.45) is 0 Å². The van der Waals surface area contributed by atoms with Crippen LogP contribution in [0.5, 0.6) is 0 Å². The van der Waals surface area contributed by atoms with E-state index in [2.05, 4.69) is 58.1 Å². The number of hydrogen-bond acceptors (Lipinski definition) is 2. The molecule has 68 valence electrons. The lowest BCUT2D eigenvalue weighted by molar-refractivity contribution is 1.63. The van der Waals surface area contributed by atoms with Gasteiger partial charge in [-0.15, -0.1) is 11.1 Å². The summed E-state index contributed by atoms with van der Waals surface area (Å²) in [6, 6.07) is 10.4. The molecule has 1 nitrogen and oxygen atoms in total. The van der Waals surface area contributed by atoms with Crippen molar-refractivity contribution in [2.75, 3.05) is 0 Å². The summed E-state index contributed by atoms with van der Waals surface area (Å²) < 4.78 is 2.96. The molecule has 1 aromatic rings. The molecule has 1 heterocycles. The van der Waals surface area contributed by atoms with Crippen LogP contribution in [0.2, 0.25) is 0 Å². The van der Waals surface area contributed by atoms with Gasteiger partial charge in [-0.3, -0.25) is 0 Å². The summed E-state index contributed by atoms with van der Waals surface area (Å²) in [4.78, 5) is 0. The van der Waals surface area contributed by atoms with Gasteiger partial charge >= 0.3 is 0 Å². The van der Waals surface area contributed by atoms with Crippen LogP contribution in [0, 0.1) is 0 Å².